The minimum Gasteiger partial charge on any atom is -0.376 e. The highest BCUT2D eigenvalue weighted by Crippen LogP contribution is 2.34. The van der Waals surface area contributed by atoms with Gasteiger partial charge < -0.3 is 15.4 Å². The summed E-state index contributed by atoms with van der Waals surface area (Å²) in [5.41, 5.74) is 2.78. The molecule has 5 nitrogen and oxygen atoms in total. The van der Waals surface area contributed by atoms with Crippen LogP contribution in [0, 0.1) is 5.92 Å². The molecule has 0 aliphatic carbocycles. The van der Waals surface area contributed by atoms with Crippen molar-refractivity contribution in [2.75, 3.05) is 32.0 Å². The van der Waals surface area contributed by atoms with Crippen LogP contribution in [0.3, 0.4) is 0 Å². The molecule has 2 unspecified atom stereocenters. The van der Waals surface area contributed by atoms with Gasteiger partial charge in [-0.15, -0.1) is 0 Å². The molecule has 0 aromatic rings. The molecule has 0 spiro atoms. The molecule has 2 aliphatic rings. The zero-order chi connectivity index (χ0) is 31.0. The molecule has 2 fully saturated rings. The van der Waals surface area contributed by atoms with Crippen LogP contribution in [0.25, 0.3) is 0 Å². The van der Waals surface area contributed by atoms with Crippen molar-refractivity contribution in [3.63, 3.8) is 0 Å². The van der Waals surface area contributed by atoms with Crippen LogP contribution in [0.5, 0.6) is 0 Å². The van der Waals surface area contributed by atoms with Gasteiger partial charge in [-0.25, -0.2) is 8.70 Å². The van der Waals surface area contributed by atoms with Crippen molar-refractivity contribution in [3.05, 3.63) is 96.1 Å². The van der Waals surface area contributed by atoms with Gasteiger partial charge >= 0.3 is 0 Å². The first-order valence-corrected chi connectivity index (χ1v) is 16.1. The number of halogens is 1. The molecule has 2 aliphatic heterocycles. The fourth-order valence-corrected chi connectivity index (χ4v) is 6.17. The Balaban J connectivity index is 2.19. The van der Waals surface area contributed by atoms with Crippen LogP contribution < -0.4 is 10.6 Å². The molecule has 7 heteroatoms. The van der Waals surface area contributed by atoms with Crippen molar-refractivity contribution in [2.45, 2.75) is 78.4 Å². The smallest absolute Gasteiger partial charge is 0.228 e. The van der Waals surface area contributed by atoms with E-state index in [0.29, 0.717) is 24.3 Å². The largest absolute Gasteiger partial charge is 0.376 e. The van der Waals surface area contributed by atoms with Crippen LogP contribution in [0.4, 0.5) is 4.39 Å². The topological polar surface area (TPSA) is 53.6 Å². The molecule has 1 amide bonds. The number of carbonyl (C=O) groups excluding carboxylic acids is 1. The van der Waals surface area contributed by atoms with Crippen LogP contribution in [0.15, 0.2) is 96.1 Å². The van der Waals surface area contributed by atoms with Crippen molar-refractivity contribution in [3.8, 4) is 0 Å². The number of allylic oxidation sites excluding steroid dienone is 11. The third kappa shape index (κ3) is 12.4. The molecule has 0 aromatic heterocycles. The zero-order valence-corrected chi connectivity index (χ0v) is 27.2. The number of amides is 1. The highest BCUT2D eigenvalue weighted by atomic mass is 32.2. The minimum atomic E-state index is -0.429. The van der Waals surface area contributed by atoms with Crippen molar-refractivity contribution in [2.24, 2.45) is 5.92 Å². The predicted octanol–water partition coefficient (Wildman–Crippen LogP) is 7.90. The number of nitrogens with zero attached hydrogens (tertiary/aromatic N) is 1. The van der Waals surface area contributed by atoms with Gasteiger partial charge in [0.05, 0.1) is 11.6 Å². The minimum absolute atomic E-state index is 0.164. The number of nitrogens with one attached hydrogen (secondary N) is 2. The van der Waals surface area contributed by atoms with Gasteiger partial charge in [0.2, 0.25) is 5.91 Å². The number of rotatable bonds is 15. The first-order valence-electron chi connectivity index (χ1n) is 15.2. The number of hydrogen-bond donors (Lipinski definition) is 2. The van der Waals surface area contributed by atoms with Gasteiger partial charge in [-0.2, -0.15) is 0 Å². The Labute approximate surface area is 258 Å². The molecule has 2 atom stereocenters. The summed E-state index contributed by atoms with van der Waals surface area (Å²) in [5, 5.41) is 6.46. The quantitative estimate of drug-likeness (QED) is 0.114. The third-order valence-corrected chi connectivity index (χ3v) is 8.74. The van der Waals surface area contributed by atoms with E-state index in [9.17, 15) is 4.79 Å². The lowest BCUT2D eigenvalue weighted by Crippen LogP contribution is -2.47. The van der Waals surface area contributed by atoms with E-state index in [1.165, 1.54) is 6.08 Å². The third-order valence-electron chi connectivity index (χ3n) is 7.37. The highest BCUT2D eigenvalue weighted by molar-refractivity contribution is 7.97. The number of piperazine rings is 1. The van der Waals surface area contributed by atoms with E-state index in [2.05, 4.69) is 54.9 Å². The first-order chi connectivity index (χ1) is 20.1. The normalized spacial score (nSPS) is 23.2. The fourth-order valence-electron chi connectivity index (χ4n) is 5.20. The molecule has 2 heterocycles. The lowest BCUT2D eigenvalue weighted by molar-refractivity contribution is -0.120. The molecule has 0 saturated carbocycles. The molecular weight excluding hydrogens is 545 g/mol. The number of carbonyl (C=O) groups is 1. The van der Waals surface area contributed by atoms with E-state index in [4.69, 9.17) is 4.74 Å². The van der Waals surface area contributed by atoms with Gasteiger partial charge in [0.25, 0.3) is 0 Å². The van der Waals surface area contributed by atoms with Gasteiger partial charge in [0.1, 0.15) is 5.83 Å². The summed E-state index contributed by atoms with van der Waals surface area (Å²) in [6.07, 6.45) is 20.3. The Hall–Kier alpha value is -2.45. The van der Waals surface area contributed by atoms with Gasteiger partial charge in [0, 0.05) is 49.7 Å². The molecule has 42 heavy (non-hydrogen) atoms. The molecule has 2 saturated heterocycles. The van der Waals surface area contributed by atoms with Crippen molar-refractivity contribution in [1.29, 1.82) is 0 Å². The van der Waals surface area contributed by atoms with Gasteiger partial charge in [-0.05, 0) is 65.4 Å². The molecule has 2 N–H and O–H groups in total. The summed E-state index contributed by atoms with van der Waals surface area (Å²) in [4.78, 5) is 13.4. The molecule has 2 rings (SSSR count). The second-order valence-electron chi connectivity index (χ2n) is 11.4. The molecular formula is C35H52FN3O2S. The standard InChI is InChI=1S/C35H52FN3O2S/c1-8-14-27(5)15-12-16-28(29-19-22-41-35(6,7)25-29)24-34(40)38-33(11-4)31(32(36)10-3)18-13-17-30-26-37-20-21-39(30)42-23-9-2/h8,10-17,29-30,37H,1,3,9,18-26H2,2,4-7H3,(H,38,40)/b15-12-,17-13?,27-14-,28-16+,32-31+,33-11+. The molecule has 232 valence electrons. The number of ether oxygens (including phenoxy) is 1. The average molecular weight is 598 g/mol. The SMILES string of the molecule is C=C\C=C(C)/C=C\C=C(/CC(=O)NC(=C/C)/C(CC=CC1CNCCN1SCCC)=C(/F)C=C)C1CCOC(C)(C)C1. The van der Waals surface area contributed by atoms with E-state index < -0.39 is 5.83 Å². The summed E-state index contributed by atoms with van der Waals surface area (Å²) in [6, 6.07) is 0.237. The Morgan fingerprint density at radius 1 is 1.29 bits per heavy atom. The maximum Gasteiger partial charge on any atom is 0.228 e. The summed E-state index contributed by atoms with van der Waals surface area (Å²) < 4.78 is 23.4. The Morgan fingerprint density at radius 2 is 2.07 bits per heavy atom. The Morgan fingerprint density at radius 3 is 2.74 bits per heavy atom. The van der Waals surface area contributed by atoms with Crippen molar-refractivity contribution in [1.82, 2.24) is 14.9 Å². The summed E-state index contributed by atoms with van der Waals surface area (Å²) in [5.74, 6) is 0.712. The van der Waals surface area contributed by atoms with E-state index in [1.54, 1.807) is 12.2 Å². The summed E-state index contributed by atoms with van der Waals surface area (Å²) >= 11 is 1.87. The van der Waals surface area contributed by atoms with Crippen LogP contribution in [0.1, 0.15) is 66.7 Å². The monoisotopic (exact) mass is 597 g/mol. The number of hydrogen-bond acceptors (Lipinski definition) is 5. The molecule has 0 radical (unpaired) electrons. The highest BCUT2D eigenvalue weighted by Gasteiger charge is 2.31. The van der Waals surface area contributed by atoms with E-state index in [1.807, 2.05) is 56.2 Å². The second-order valence-corrected chi connectivity index (χ2v) is 12.5. The van der Waals surface area contributed by atoms with Crippen molar-refractivity contribution >= 4 is 17.9 Å². The van der Waals surface area contributed by atoms with Crippen LogP contribution >= 0.6 is 11.9 Å². The average Bonchev–Trinajstić information content (AvgIpc) is 2.96. The van der Waals surface area contributed by atoms with Crippen LogP contribution in [0.2, 0.25) is 0 Å². The lowest BCUT2D eigenvalue weighted by Gasteiger charge is -2.36. The van der Waals surface area contributed by atoms with Crippen LogP contribution in [-0.2, 0) is 9.53 Å². The molecule has 0 bridgehead atoms. The van der Waals surface area contributed by atoms with E-state index >= 15 is 4.39 Å². The second kappa shape index (κ2) is 19.0. The maximum atomic E-state index is 15.1. The summed E-state index contributed by atoms with van der Waals surface area (Å²) in [7, 11) is 0. The zero-order valence-electron chi connectivity index (χ0n) is 26.4. The van der Waals surface area contributed by atoms with Crippen molar-refractivity contribution < 1.29 is 13.9 Å². The molecule has 0 aromatic carbocycles. The first kappa shape index (κ1) is 35.7. The van der Waals surface area contributed by atoms with E-state index in [-0.39, 0.29) is 29.9 Å². The maximum absolute atomic E-state index is 15.1. The van der Waals surface area contributed by atoms with Gasteiger partial charge in [0.15, 0.2) is 0 Å². The van der Waals surface area contributed by atoms with Gasteiger partial charge in [-0.1, -0.05) is 91.8 Å². The van der Waals surface area contributed by atoms with Crippen LogP contribution in [-0.4, -0.2) is 53.8 Å². The summed E-state index contributed by atoms with van der Waals surface area (Å²) in [6.45, 7) is 21.1. The Kier molecular flexibility index (Phi) is 16.1. The van der Waals surface area contributed by atoms with Gasteiger partial charge in [-0.3, -0.25) is 4.79 Å². The lowest BCUT2D eigenvalue weighted by atomic mass is 9.81. The van der Waals surface area contributed by atoms with E-state index in [0.717, 1.165) is 55.8 Å². The predicted molar refractivity (Wildman–Crippen MR) is 179 cm³/mol. The fraction of sp³-hybridized carbons (Fsp3) is 0.514. The Bertz CT molecular complexity index is 1100.